The lowest BCUT2D eigenvalue weighted by molar-refractivity contribution is -0.117. The number of rotatable bonds is 2. The lowest BCUT2D eigenvalue weighted by atomic mass is 10.2. The van der Waals surface area contributed by atoms with Crippen LogP contribution in [0.15, 0.2) is 6.20 Å². The molecule has 16 heavy (non-hydrogen) atoms. The summed E-state index contributed by atoms with van der Waals surface area (Å²) in [6.07, 6.45) is 2.00. The number of alkyl halides is 1. The van der Waals surface area contributed by atoms with Gasteiger partial charge in [0.2, 0.25) is 11.2 Å². The Hall–Kier alpha value is -0.390. The number of hydrogen-bond acceptors (Lipinski definition) is 3. The molecule has 1 aliphatic rings. The average Bonchev–Trinajstić information content (AvgIpc) is 2.60. The van der Waals surface area contributed by atoms with Gasteiger partial charge in [0.25, 0.3) is 0 Å². The van der Waals surface area contributed by atoms with Crippen LogP contribution in [0, 0.1) is 5.92 Å². The molecule has 0 bridgehead atoms. The van der Waals surface area contributed by atoms with Crippen LogP contribution in [0.25, 0.3) is 0 Å². The molecule has 1 amide bonds. The number of anilines is 1. The lowest BCUT2D eigenvalue weighted by Gasteiger charge is -2.16. The number of amides is 1. The molecule has 1 unspecified atom stereocenters. The van der Waals surface area contributed by atoms with E-state index in [-0.39, 0.29) is 16.3 Å². The van der Waals surface area contributed by atoms with Crippen LogP contribution in [0.2, 0.25) is 10.4 Å². The quantitative estimate of drug-likeness (QED) is 0.477. The van der Waals surface area contributed by atoms with E-state index in [0.717, 1.165) is 5.33 Å². The zero-order valence-electron chi connectivity index (χ0n) is 8.16. The maximum atomic E-state index is 11.7. The van der Waals surface area contributed by atoms with Crippen molar-refractivity contribution in [2.24, 2.45) is 5.92 Å². The number of carbonyl (C=O) groups is 1. The van der Waals surface area contributed by atoms with Gasteiger partial charge in [0.15, 0.2) is 5.15 Å². The molecule has 86 valence electrons. The van der Waals surface area contributed by atoms with Crippen LogP contribution in [0.5, 0.6) is 0 Å². The van der Waals surface area contributed by atoms with E-state index >= 15 is 0 Å². The van der Waals surface area contributed by atoms with Crippen molar-refractivity contribution in [1.82, 2.24) is 9.97 Å². The summed E-state index contributed by atoms with van der Waals surface area (Å²) in [7, 11) is 0. The first-order valence-electron chi connectivity index (χ1n) is 4.66. The van der Waals surface area contributed by atoms with Gasteiger partial charge in [-0.15, -0.1) is 0 Å². The van der Waals surface area contributed by atoms with Gasteiger partial charge in [-0.1, -0.05) is 27.5 Å². The van der Waals surface area contributed by atoms with Crippen LogP contribution in [0.4, 0.5) is 5.69 Å². The second kappa shape index (κ2) is 4.85. The summed E-state index contributed by atoms with van der Waals surface area (Å²) in [5, 5.41) is 1.09. The third-order valence-electron chi connectivity index (χ3n) is 2.41. The second-order valence-electron chi connectivity index (χ2n) is 3.54. The fraction of sp³-hybridized carbons (Fsp3) is 0.444. The molecule has 1 aromatic heterocycles. The number of hydrogen-bond donors (Lipinski definition) is 0. The summed E-state index contributed by atoms with van der Waals surface area (Å²) in [5.41, 5.74) is 0.527. The van der Waals surface area contributed by atoms with Gasteiger partial charge < -0.3 is 4.90 Å². The van der Waals surface area contributed by atoms with Crippen molar-refractivity contribution in [3.05, 3.63) is 16.6 Å². The van der Waals surface area contributed by atoms with Gasteiger partial charge in [0.1, 0.15) is 0 Å². The second-order valence-corrected chi connectivity index (χ2v) is 4.89. The summed E-state index contributed by atoms with van der Waals surface area (Å²) in [6.45, 7) is 0.634. The van der Waals surface area contributed by atoms with Crippen LogP contribution < -0.4 is 4.90 Å². The molecule has 0 radical (unpaired) electrons. The zero-order valence-corrected chi connectivity index (χ0v) is 11.3. The smallest absolute Gasteiger partial charge is 0.227 e. The van der Waals surface area contributed by atoms with Crippen LogP contribution in [0.3, 0.4) is 0 Å². The Bertz CT molecular complexity index is 429. The molecule has 2 heterocycles. The van der Waals surface area contributed by atoms with Crippen LogP contribution in [-0.2, 0) is 4.79 Å². The van der Waals surface area contributed by atoms with Crippen LogP contribution >= 0.6 is 39.1 Å². The molecule has 4 nitrogen and oxygen atoms in total. The predicted octanol–water partition coefficient (Wildman–Crippen LogP) is 2.53. The SMILES string of the molecule is O=C1CC(CBr)CN1c1cnc(Cl)nc1Cl. The van der Waals surface area contributed by atoms with Crippen molar-refractivity contribution in [2.45, 2.75) is 6.42 Å². The monoisotopic (exact) mass is 323 g/mol. The lowest BCUT2D eigenvalue weighted by Crippen LogP contribution is -2.25. The van der Waals surface area contributed by atoms with Crippen LogP contribution in [-0.4, -0.2) is 27.7 Å². The van der Waals surface area contributed by atoms with E-state index in [1.165, 1.54) is 6.20 Å². The summed E-state index contributed by atoms with van der Waals surface area (Å²) < 4.78 is 0. The molecule has 1 aliphatic heterocycles. The van der Waals surface area contributed by atoms with Gasteiger partial charge in [-0.3, -0.25) is 4.79 Å². The first-order valence-corrected chi connectivity index (χ1v) is 6.54. The van der Waals surface area contributed by atoms with Crippen molar-refractivity contribution >= 4 is 50.7 Å². The van der Waals surface area contributed by atoms with E-state index in [2.05, 4.69) is 25.9 Å². The molecular formula is C9H8BrCl2N3O. The molecule has 1 atom stereocenters. The topological polar surface area (TPSA) is 46.1 Å². The van der Waals surface area contributed by atoms with Crippen molar-refractivity contribution in [1.29, 1.82) is 0 Å². The number of carbonyl (C=O) groups excluding carboxylic acids is 1. The molecule has 0 spiro atoms. The van der Waals surface area contributed by atoms with E-state index in [9.17, 15) is 4.79 Å². The molecule has 2 rings (SSSR count). The highest BCUT2D eigenvalue weighted by Crippen LogP contribution is 2.30. The van der Waals surface area contributed by atoms with E-state index in [4.69, 9.17) is 23.2 Å². The fourth-order valence-corrected chi connectivity index (χ4v) is 2.47. The standard InChI is InChI=1S/C9H8BrCl2N3O/c10-2-5-1-7(16)15(4-5)6-3-13-9(12)14-8(6)11/h3,5H,1-2,4H2. The molecule has 0 aliphatic carbocycles. The predicted molar refractivity (Wildman–Crippen MR) is 66.3 cm³/mol. The summed E-state index contributed by atoms with van der Waals surface area (Å²) in [4.78, 5) is 21.0. The molecule has 7 heteroatoms. The van der Waals surface area contributed by atoms with Crippen molar-refractivity contribution in [2.75, 3.05) is 16.8 Å². The Morgan fingerprint density at radius 1 is 1.56 bits per heavy atom. The Kier molecular flexibility index (Phi) is 3.66. The van der Waals surface area contributed by atoms with Crippen molar-refractivity contribution < 1.29 is 4.79 Å². The average molecular weight is 325 g/mol. The number of aromatic nitrogens is 2. The molecule has 0 aromatic carbocycles. The van der Waals surface area contributed by atoms with Crippen molar-refractivity contribution in [3.63, 3.8) is 0 Å². The van der Waals surface area contributed by atoms with E-state index in [1.807, 2.05) is 0 Å². The zero-order chi connectivity index (χ0) is 11.7. The maximum absolute atomic E-state index is 11.7. The highest BCUT2D eigenvalue weighted by Gasteiger charge is 2.31. The molecule has 1 fully saturated rings. The Labute approximate surface area is 111 Å². The van der Waals surface area contributed by atoms with Gasteiger partial charge >= 0.3 is 0 Å². The Morgan fingerprint density at radius 3 is 2.88 bits per heavy atom. The minimum Gasteiger partial charge on any atom is -0.308 e. The third kappa shape index (κ3) is 2.31. The first kappa shape index (κ1) is 12.1. The highest BCUT2D eigenvalue weighted by atomic mass is 79.9. The molecule has 0 N–H and O–H groups in total. The Morgan fingerprint density at radius 2 is 2.31 bits per heavy atom. The molecule has 1 saturated heterocycles. The van der Waals surface area contributed by atoms with Gasteiger partial charge in [-0.05, 0) is 17.5 Å². The van der Waals surface area contributed by atoms with Gasteiger partial charge in [0.05, 0.1) is 11.9 Å². The summed E-state index contributed by atoms with van der Waals surface area (Å²) in [6, 6.07) is 0. The summed E-state index contributed by atoms with van der Waals surface area (Å²) >= 11 is 14.9. The van der Waals surface area contributed by atoms with Gasteiger partial charge in [-0.2, -0.15) is 0 Å². The normalized spacial score (nSPS) is 20.6. The summed E-state index contributed by atoms with van der Waals surface area (Å²) in [5.74, 6) is 0.344. The van der Waals surface area contributed by atoms with E-state index in [0.29, 0.717) is 24.6 Å². The highest BCUT2D eigenvalue weighted by molar-refractivity contribution is 9.09. The minimum absolute atomic E-state index is 0.0391. The molecule has 1 aromatic rings. The Balaban J connectivity index is 2.28. The number of halogens is 3. The van der Waals surface area contributed by atoms with E-state index in [1.54, 1.807) is 4.90 Å². The van der Waals surface area contributed by atoms with Crippen molar-refractivity contribution in [3.8, 4) is 0 Å². The first-order chi connectivity index (χ1) is 7.61. The van der Waals surface area contributed by atoms with Gasteiger partial charge in [0, 0.05) is 18.3 Å². The minimum atomic E-state index is 0.0391. The van der Waals surface area contributed by atoms with Crippen LogP contribution in [0.1, 0.15) is 6.42 Å². The van der Waals surface area contributed by atoms with E-state index < -0.39 is 0 Å². The molecular weight excluding hydrogens is 317 g/mol. The van der Waals surface area contributed by atoms with Gasteiger partial charge in [-0.25, -0.2) is 9.97 Å². The molecule has 0 saturated carbocycles. The maximum Gasteiger partial charge on any atom is 0.227 e. The largest absolute Gasteiger partial charge is 0.308 e. The fourth-order valence-electron chi connectivity index (χ4n) is 1.63. The number of nitrogens with zero attached hydrogens (tertiary/aromatic N) is 3. The third-order valence-corrected chi connectivity index (χ3v) is 3.79.